The zero-order valence-electron chi connectivity index (χ0n) is 12.4. The molecule has 0 amide bonds. The van der Waals surface area contributed by atoms with Crippen LogP contribution in [-0.4, -0.2) is 23.3 Å². The fourth-order valence-corrected chi connectivity index (χ4v) is 2.41. The third kappa shape index (κ3) is 4.80. The molecule has 0 heterocycles. The first-order chi connectivity index (χ1) is 10.1. The predicted octanol–water partition coefficient (Wildman–Crippen LogP) is 4.54. The number of benzene rings is 2. The SMILES string of the molecule is CC(C)N(CC(=O)c1ccc(Br)cc1)Cc1ccccc1. The highest BCUT2D eigenvalue weighted by molar-refractivity contribution is 9.10. The number of halogens is 1. The van der Waals surface area contributed by atoms with E-state index in [1.165, 1.54) is 5.56 Å². The maximum absolute atomic E-state index is 12.4. The summed E-state index contributed by atoms with van der Waals surface area (Å²) in [6.07, 6.45) is 0. The maximum atomic E-state index is 12.4. The summed E-state index contributed by atoms with van der Waals surface area (Å²) < 4.78 is 0.990. The van der Waals surface area contributed by atoms with Crippen molar-refractivity contribution in [3.63, 3.8) is 0 Å². The predicted molar refractivity (Wildman–Crippen MR) is 90.5 cm³/mol. The van der Waals surface area contributed by atoms with Gasteiger partial charge in [-0.2, -0.15) is 0 Å². The number of nitrogens with zero attached hydrogens (tertiary/aromatic N) is 1. The molecule has 2 aromatic rings. The van der Waals surface area contributed by atoms with Crippen LogP contribution in [0.4, 0.5) is 0 Å². The molecule has 3 heteroatoms. The number of carbonyl (C=O) groups excluding carboxylic acids is 1. The Kier molecular flexibility index (Phi) is 5.71. The summed E-state index contributed by atoms with van der Waals surface area (Å²) in [5.41, 5.74) is 1.99. The van der Waals surface area contributed by atoms with Crippen molar-refractivity contribution >= 4 is 21.7 Å². The normalized spacial score (nSPS) is 11.1. The van der Waals surface area contributed by atoms with Gasteiger partial charge in [0, 0.05) is 22.6 Å². The van der Waals surface area contributed by atoms with Crippen LogP contribution < -0.4 is 0 Å². The minimum Gasteiger partial charge on any atom is -0.293 e. The molecule has 0 bridgehead atoms. The molecule has 0 aliphatic carbocycles. The summed E-state index contributed by atoms with van der Waals surface area (Å²) in [5.74, 6) is 0.159. The first-order valence-corrected chi connectivity index (χ1v) is 7.92. The Morgan fingerprint density at radius 3 is 2.24 bits per heavy atom. The standard InChI is InChI=1S/C18H20BrNO/c1-14(2)20(12-15-6-4-3-5-7-15)13-18(21)16-8-10-17(19)11-9-16/h3-11,14H,12-13H2,1-2H3. The van der Waals surface area contributed by atoms with Gasteiger partial charge >= 0.3 is 0 Å². The van der Waals surface area contributed by atoms with Crippen LogP contribution in [0, 0.1) is 0 Å². The van der Waals surface area contributed by atoms with E-state index in [1.807, 2.05) is 42.5 Å². The van der Waals surface area contributed by atoms with Gasteiger partial charge in [0.2, 0.25) is 0 Å². The lowest BCUT2D eigenvalue weighted by Gasteiger charge is -2.25. The molecule has 0 unspecified atom stereocenters. The van der Waals surface area contributed by atoms with E-state index >= 15 is 0 Å². The minimum atomic E-state index is 0.159. The van der Waals surface area contributed by atoms with Gasteiger partial charge in [0.15, 0.2) is 5.78 Å². The van der Waals surface area contributed by atoms with E-state index in [4.69, 9.17) is 0 Å². The van der Waals surface area contributed by atoms with Crippen LogP contribution in [0.2, 0.25) is 0 Å². The van der Waals surface area contributed by atoms with Crippen LogP contribution in [0.3, 0.4) is 0 Å². The molecule has 2 rings (SSSR count). The number of ketones is 1. The van der Waals surface area contributed by atoms with Gasteiger partial charge < -0.3 is 0 Å². The van der Waals surface area contributed by atoms with Crippen molar-refractivity contribution in [1.29, 1.82) is 0 Å². The van der Waals surface area contributed by atoms with Gasteiger partial charge in [0.1, 0.15) is 0 Å². The van der Waals surface area contributed by atoms with Crippen LogP contribution >= 0.6 is 15.9 Å². The second kappa shape index (κ2) is 7.53. The van der Waals surface area contributed by atoms with Crippen molar-refractivity contribution in [3.8, 4) is 0 Å². The highest BCUT2D eigenvalue weighted by atomic mass is 79.9. The first-order valence-electron chi connectivity index (χ1n) is 7.13. The Bertz CT molecular complexity index is 578. The molecule has 0 radical (unpaired) electrons. The van der Waals surface area contributed by atoms with Crippen LogP contribution in [0.15, 0.2) is 59.1 Å². The highest BCUT2D eigenvalue weighted by Crippen LogP contribution is 2.13. The van der Waals surface area contributed by atoms with Gasteiger partial charge in [-0.3, -0.25) is 9.69 Å². The monoisotopic (exact) mass is 345 g/mol. The average molecular weight is 346 g/mol. The molecule has 0 saturated heterocycles. The fraction of sp³-hybridized carbons (Fsp3) is 0.278. The average Bonchev–Trinajstić information content (AvgIpc) is 2.48. The zero-order chi connectivity index (χ0) is 15.2. The molecule has 0 aromatic heterocycles. The van der Waals surface area contributed by atoms with Gasteiger partial charge in [-0.05, 0) is 31.5 Å². The molecule has 0 N–H and O–H groups in total. The summed E-state index contributed by atoms with van der Waals surface area (Å²) in [7, 11) is 0. The van der Waals surface area contributed by atoms with E-state index < -0.39 is 0 Å². The van der Waals surface area contributed by atoms with Gasteiger partial charge in [0.25, 0.3) is 0 Å². The van der Waals surface area contributed by atoms with Crippen molar-refractivity contribution < 1.29 is 4.79 Å². The molecule has 0 saturated carbocycles. The van der Waals surface area contributed by atoms with E-state index in [-0.39, 0.29) is 5.78 Å². The van der Waals surface area contributed by atoms with E-state index in [2.05, 4.69) is 46.8 Å². The summed E-state index contributed by atoms with van der Waals surface area (Å²) in [4.78, 5) is 14.6. The number of hydrogen-bond donors (Lipinski definition) is 0. The largest absolute Gasteiger partial charge is 0.293 e. The van der Waals surface area contributed by atoms with Crippen LogP contribution in [0.25, 0.3) is 0 Å². The molecule has 110 valence electrons. The number of rotatable bonds is 6. The van der Waals surface area contributed by atoms with E-state index in [0.29, 0.717) is 12.6 Å². The smallest absolute Gasteiger partial charge is 0.176 e. The second-order valence-corrected chi connectivity index (χ2v) is 6.33. The number of carbonyl (C=O) groups is 1. The van der Waals surface area contributed by atoms with Crippen LogP contribution in [-0.2, 0) is 6.54 Å². The Labute approximate surface area is 134 Å². The summed E-state index contributed by atoms with van der Waals surface area (Å²) in [5, 5.41) is 0. The lowest BCUT2D eigenvalue weighted by molar-refractivity contribution is 0.0898. The molecular formula is C18H20BrNO. The van der Waals surface area contributed by atoms with Crippen molar-refractivity contribution in [3.05, 3.63) is 70.2 Å². The third-order valence-electron chi connectivity index (χ3n) is 3.47. The topological polar surface area (TPSA) is 20.3 Å². The fourth-order valence-electron chi connectivity index (χ4n) is 2.15. The van der Waals surface area contributed by atoms with Crippen molar-refractivity contribution in [2.75, 3.05) is 6.54 Å². The Morgan fingerprint density at radius 2 is 1.67 bits per heavy atom. The third-order valence-corrected chi connectivity index (χ3v) is 4.00. The van der Waals surface area contributed by atoms with E-state index in [9.17, 15) is 4.79 Å². The minimum absolute atomic E-state index is 0.159. The van der Waals surface area contributed by atoms with Gasteiger partial charge in [-0.25, -0.2) is 0 Å². The summed E-state index contributed by atoms with van der Waals surface area (Å²) in [6, 6.07) is 18.1. The molecular weight excluding hydrogens is 326 g/mol. The van der Waals surface area contributed by atoms with Crippen molar-refractivity contribution in [2.45, 2.75) is 26.4 Å². The number of hydrogen-bond acceptors (Lipinski definition) is 2. The molecule has 2 aromatic carbocycles. The van der Waals surface area contributed by atoms with E-state index in [1.54, 1.807) is 0 Å². The van der Waals surface area contributed by atoms with Gasteiger partial charge in [-0.15, -0.1) is 0 Å². The quantitative estimate of drug-likeness (QED) is 0.716. The lowest BCUT2D eigenvalue weighted by Crippen LogP contribution is -2.35. The molecule has 0 aliphatic rings. The molecule has 0 aliphatic heterocycles. The molecule has 21 heavy (non-hydrogen) atoms. The van der Waals surface area contributed by atoms with Crippen molar-refractivity contribution in [2.24, 2.45) is 0 Å². The molecule has 2 nitrogen and oxygen atoms in total. The summed E-state index contributed by atoms with van der Waals surface area (Å²) >= 11 is 3.39. The Morgan fingerprint density at radius 1 is 1.05 bits per heavy atom. The summed E-state index contributed by atoms with van der Waals surface area (Å²) in [6.45, 7) is 5.48. The molecule has 0 atom stereocenters. The van der Waals surface area contributed by atoms with Gasteiger partial charge in [-0.1, -0.05) is 58.4 Å². The van der Waals surface area contributed by atoms with Gasteiger partial charge in [0.05, 0.1) is 6.54 Å². The molecule has 0 spiro atoms. The zero-order valence-corrected chi connectivity index (χ0v) is 14.0. The highest BCUT2D eigenvalue weighted by Gasteiger charge is 2.15. The van der Waals surface area contributed by atoms with Crippen molar-refractivity contribution in [1.82, 2.24) is 4.90 Å². The lowest BCUT2D eigenvalue weighted by atomic mass is 10.1. The van der Waals surface area contributed by atoms with Crippen LogP contribution in [0.1, 0.15) is 29.8 Å². The number of Topliss-reactive ketones (excluding diaryl/α,β-unsaturated/α-hetero) is 1. The second-order valence-electron chi connectivity index (χ2n) is 5.41. The maximum Gasteiger partial charge on any atom is 0.176 e. The Balaban J connectivity index is 2.06. The Hall–Kier alpha value is -1.45. The van der Waals surface area contributed by atoms with E-state index in [0.717, 1.165) is 16.6 Å². The first kappa shape index (κ1) is 15.9. The van der Waals surface area contributed by atoms with Crippen LogP contribution in [0.5, 0.6) is 0 Å². The molecule has 0 fully saturated rings.